The number of hydrogen-bond donors (Lipinski definition) is 0. The van der Waals surface area contributed by atoms with Crippen molar-refractivity contribution >= 4 is 17.8 Å². The summed E-state index contributed by atoms with van der Waals surface area (Å²) in [5, 5.41) is 8.72. The molecule has 2 aromatic carbocycles. The van der Waals surface area contributed by atoms with E-state index < -0.39 is 0 Å². The number of thioether (sulfide) groups is 1. The summed E-state index contributed by atoms with van der Waals surface area (Å²) in [6.45, 7) is 0. The average Bonchev–Trinajstić information content (AvgIpc) is 2.49. The third kappa shape index (κ3) is 4.65. The second-order valence-electron chi connectivity index (χ2n) is 4.14. The molecule has 0 aromatic heterocycles. The molecule has 0 atom stereocenters. The highest BCUT2D eigenvalue weighted by Gasteiger charge is 1.93. The van der Waals surface area contributed by atoms with E-state index in [1.807, 2.05) is 54.2 Å². The quantitative estimate of drug-likeness (QED) is 0.743. The lowest BCUT2D eigenvalue weighted by molar-refractivity contribution is 1.39. The molecule has 19 heavy (non-hydrogen) atoms. The van der Waals surface area contributed by atoms with Crippen LogP contribution in [-0.2, 0) is 5.75 Å². The molecule has 0 aliphatic carbocycles. The van der Waals surface area contributed by atoms with Crippen LogP contribution in [0, 0.1) is 11.3 Å². The predicted octanol–water partition coefficient (Wildman–Crippen LogP) is 4.50. The van der Waals surface area contributed by atoms with Crippen molar-refractivity contribution in [1.82, 2.24) is 0 Å². The molecule has 0 unspecified atom stereocenters. The molecule has 0 aliphatic heterocycles. The van der Waals surface area contributed by atoms with Crippen LogP contribution < -0.4 is 0 Å². The minimum absolute atomic E-state index is 0.720. The number of hydrogen-bond acceptors (Lipinski definition) is 2. The summed E-state index contributed by atoms with van der Waals surface area (Å²) in [4.78, 5) is 0. The van der Waals surface area contributed by atoms with Gasteiger partial charge in [0.15, 0.2) is 0 Å². The second kappa shape index (κ2) is 7.45. The van der Waals surface area contributed by atoms with Gasteiger partial charge >= 0.3 is 0 Å². The zero-order valence-corrected chi connectivity index (χ0v) is 11.4. The lowest BCUT2D eigenvalue weighted by atomic mass is 10.2. The van der Waals surface area contributed by atoms with Gasteiger partial charge in [-0.05, 0) is 23.3 Å². The molecule has 0 saturated carbocycles. The molecule has 2 heteroatoms. The fraction of sp³-hybridized carbons (Fsp3) is 0.118. The Morgan fingerprint density at radius 2 is 1.74 bits per heavy atom. The molecule has 94 valence electrons. The van der Waals surface area contributed by atoms with E-state index in [0.29, 0.717) is 0 Å². The average molecular weight is 265 g/mol. The fourth-order valence-corrected chi connectivity index (χ4v) is 2.45. The Balaban J connectivity index is 1.75. The molecule has 0 N–H and O–H groups in total. The Labute approximate surface area is 118 Å². The van der Waals surface area contributed by atoms with Gasteiger partial charge in [-0.15, -0.1) is 0 Å². The Morgan fingerprint density at radius 3 is 2.42 bits per heavy atom. The minimum atomic E-state index is 0.720. The molecule has 2 rings (SSSR count). The van der Waals surface area contributed by atoms with Crippen LogP contribution >= 0.6 is 11.8 Å². The van der Waals surface area contributed by atoms with Crippen molar-refractivity contribution in [2.75, 3.05) is 5.75 Å². The number of benzene rings is 2. The maximum atomic E-state index is 8.72. The molecule has 0 fully saturated rings. The minimum Gasteiger partial charge on any atom is -0.192 e. The summed E-state index contributed by atoms with van der Waals surface area (Å²) < 4.78 is 0. The van der Waals surface area contributed by atoms with Gasteiger partial charge in [0.1, 0.15) is 0 Å². The zero-order chi connectivity index (χ0) is 13.3. The van der Waals surface area contributed by atoms with Gasteiger partial charge in [0.25, 0.3) is 0 Å². The maximum absolute atomic E-state index is 8.72. The predicted molar refractivity (Wildman–Crippen MR) is 82.8 cm³/mol. The molecular formula is C17H15NS. The monoisotopic (exact) mass is 265 g/mol. The largest absolute Gasteiger partial charge is 0.192 e. The third-order valence-electron chi connectivity index (χ3n) is 2.68. The first kappa shape index (κ1) is 13.5. The highest BCUT2D eigenvalue weighted by Crippen LogP contribution is 2.13. The van der Waals surface area contributed by atoms with Crippen LogP contribution in [0.25, 0.3) is 6.08 Å². The summed E-state index contributed by atoms with van der Waals surface area (Å²) >= 11 is 1.87. The SMILES string of the molecule is N#Cc1ccc(CSCC=Cc2ccccc2)cc1. The van der Waals surface area contributed by atoms with E-state index in [9.17, 15) is 0 Å². The molecule has 2 aromatic rings. The van der Waals surface area contributed by atoms with Crippen LogP contribution in [0.2, 0.25) is 0 Å². The Kier molecular flexibility index (Phi) is 5.28. The van der Waals surface area contributed by atoms with Crippen LogP contribution in [0.15, 0.2) is 60.7 Å². The first-order chi connectivity index (χ1) is 9.38. The van der Waals surface area contributed by atoms with E-state index in [1.54, 1.807) is 0 Å². The van der Waals surface area contributed by atoms with E-state index in [4.69, 9.17) is 5.26 Å². The summed E-state index contributed by atoms with van der Waals surface area (Å²) in [6, 6.07) is 20.2. The molecule has 0 bridgehead atoms. The van der Waals surface area contributed by atoms with Crippen molar-refractivity contribution in [3.05, 3.63) is 77.4 Å². The van der Waals surface area contributed by atoms with Crippen LogP contribution in [0.1, 0.15) is 16.7 Å². The van der Waals surface area contributed by atoms with Crippen molar-refractivity contribution in [3.8, 4) is 6.07 Å². The van der Waals surface area contributed by atoms with Gasteiger partial charge in [-0.3, -0.25) is 0 Å². The molecule has 0 aliphatic rings. The van der Waals surface area contributed by atoms with Crippen LogP contribution in [-0.4, -0.2) is 5.75 Å². The molecule has 0 saturated heterocycles. The van der Waals surface area contributed by atoms with Crippen molar-refractivity contribution < 1.29 is 0 Å². The Morgan fingerprint density at radius 1 is 1.00 bits per heavy atom. The number of rotatable bonds is 5. The van der Waals surface area contributed by atoms with Gasteiger partial charge in [-0.2, -0.15) is 17.0 Å². The smallest absolute Gasteiger partial charge is 0.0991 e. The van der Waals surface area contributed by atoms with Gasteiger partial charge < -0.3 is 0 Å². The Bertz CT molecular complexity index is 564. The van der Waals surface area contributed by atoms with E-state index in [0.717, 1.165) is 17.1 Å². The van der Waals surface area contributed by atoms with Crippen molar-refractivity contribution in [2.45, 2.75) is 5.75 Å². The van der Waals surface area contributed by atoms with E-state index in [1.165, 1.54) is 11.1 Å². The molecule has 0 amide bonds. The highest BCUT2D eigenvalue weighted by molar-refractivity contribution is 7.98. The van der Waals surface area contributed by atoms with Crippen LogP contribution in [0.4, 0.5) is 0 Å². The fourth-order valence-electron chi connectivity index (χ4n) is 1.67. The number of nitrogens with zero attached hydrogens (tertiary/aromatic N) is 1. The molecule has 0 radical (unpaired) electrons. The van der Waals surface area contributed by atoms with Crippen molar-refractivity contribution in [3.63, 3.8) is 0 Å². The zero-order valence-electron chi connectivity index (χ0n) is 10.6. The first-order valence-electron chi connectivity index (χ1n) is 6.17. The van der Waals surface area contributed by atoms with Crippen molar-refractivity contribution in [2.24, 2.45) is 0 Å². The third-order valence-corrected chi connectivity index (χ3v) is 3.64. The normalized spacial score (nSPS) is 10.5. The molecule has 0 heterocycles. The standard InChI is InChI=1S/C17H15NS/c18-13-16-8-10-17(11-9-16)14-19-12-4-7-15-5-2-1-3-6-15/h1-11H,12,14H2. The Hall–Kier alpha value is -1.98. The topological polar surface area (TPSA) is 23.8 Å². The summed E-state index contributed by atoms with van der Waals surface area (Å²) in [6.07, 6.45) is 4.33. The van der Waals surface area contributed by atoms with E-state index >= 15 is 0 Å². The van der Waals surface area contributed by atoms with E-state index in [2.05, 4.69) is 30.4 Å². The van der Waals surface area contributed by atoms with Gasteiger partial charge in [0.05, 0.1) is 11.6 Å². The first-order valence-corrected chi connectivity index (χ1v) is 7.32. The molecular weight excluding hydrogens is 250 g/mol. The second-order valence-corrected chi connectivity index (χ2v) is 5.17. The van der Waals surface area contributed by atoms with Gasteiger partial charge in [0.2, 0.25) is 0 Å². The maximum Gasteiger partial charge on any atom is 0.0991 e. The summed E-state index contributed by atoms with van der Waals surface area (Å²) in [5.74, 6) is 1.97. The van der Waals surface area contributed by atoms with Crippen LogP contribution in [0.3, 0.4) is 0 Å². The molecule has 0 spiro atoms. The summed E-state index contributed by atoms with van der Waals surface area (Å²) in [5.41, 5.74) is 3.22. The number of nitriles is 1. The van der Waals surface area contributed by atoms with Gasteiger partial charge in [-0.1, -0.05) is 54.6 Å². The molecule has 1 nitrogen and oxygen atoms in total. The lowest BCUT2D eigenvalue weighted by Crippen LogP contribution is -1.82. The summed E-state index contributed by atoms with van der Waals surface area (Å²) in [7, 11) is 0. The van der Waals surface area contributed by atoms with Crippen LogP contribution in [0.5, 0.6) is 0 Å². The van der Waals surface area contributed by atoms with Gasteiger partial charge in [-0.25, -0.2) is 0 Å². The van der Waals surface area contributed by atoms with Crippen molar-refractivity contribution in [1.29, 1.82) is 5.26 Å². The van der Waals surface area contributed by atoms with Gasteiger partial charge in [0, 0.05) is 11.5 Å². The lowest BCUT2D eigenvalue weighted by Gasteiger charge is -1.99. The van der Waals surface area contributed by atoms with E-state index in [-0.39, 0.29) is 0 Å². The highest BCUT2D eigenvalue weighted by atomic mass is 32.2.